The predicted molar refractivity (Wildman–Crippen MR) is 47.5 cm³/mol. The number of carboxylic acids is 1. The fraction of sp³-hybridized carbons (Fsp3) is 0.556. The van der Waals surface area contributed by atoms with Crippen LogP contribution in [0.5, 0.6) is 0 Å². The molecule has 66 valence electrons. The Morgan fingerprint density at radius 3 is 3.08 bits per heavy atom. The van der Waals surface area contributed by atoms with E-state index in [0.717, 1.165) is 12.8 Å². The van der Waals surface area contributed by atoms with Gasteiger partial charge in [0.2, 0.25) is 0 Å². The van der Waals surface area contributed by atoms with Crippen LogP contribution < -0.4 is 0 Å². The van der Waals surface area contributed by atoms with Crippen molar-refractivity contribution >= 4 is 12.2 Å². The van der Waals surface area contributed by atoms with E-state index < -0.39 is 5.97 Å². The van der Waals surface area contributed by atoms with Crippen LogP contribution in [0, 0.1) is 0 Å². The first kappa shape index (κ1) is 8.97. The summed E-state index contributed by atoms with van der Waals surface area (Å²) in [6.07, 6.45) is 8.42. The van der Waals surface area contributed by atoms with Gasteiger partial charge in [0.15, 0.2) is 0 Å². The predicted octanol–water partition coefficient (Wildman–Crippen LogP) is 1.64. The third-order valence-electron chi connectivity index (χ3n) is 1.81. The molecule has 12 heavy (non-hydrogen) atoms. The van der Waals surface area contributed by atoms with E-state index in [4.69, 9.17) is 5.11 Å². The van der Waals surface area contributed by atoms with E-state index >= 15 is 0 Å². The Balaban J connectivity index is 2.33. The van der Waals surface area contributed by atoms with Crippen LogP contribution in [0.25, 0.3) is 0 Å². The lowest BCUT2D eigenvalue weighted by Gasteiger charge is -2.06. The molecular weight excluding hydrogens is 154 g/mol. The van der Waals surface area contributed by atoms with Gasteiger partial charge in [0, 0.05) is 6.21 Å². The Hall–Kier alpha value is -1.12. The topological polar surface area (TPSA) is 49.7 Å². The van der Waals surface area contributed by atoms with Gasteiger partial charge in [0.25, 0.3) is 0 Å². The van der Waals surface area contributed by atoms with Gasteiger partial charge in [-0.3, -0.25) is 9.79 Å². The van der Waals surface area contributed by atoms with Crippen LogP contribution in [0.1, 0.15) is 25.7 Å². The summed E-state index contributed by atoms with van der Waals surface area (Å²) in [6.45, 7) is -0.114. The van der Waals surface area contributed by atoms with Gasteiger partial charge in [-0.2, -0.15) is 0 Å². The zero-order valence-electron chi connectivity index (χ0n) is 6.99. The maximum atomic E-state index is 10.1. The first-order valence-corrected chi connectivity index (χ1v) is 4.19. The molecule has 0 fully saturated rings. The first-order valence-electron chi connectivity index (χ1n) is 4.19. The van der Waals surface area contributed by atoms with E-state index in [1.165, 1.54) is 18.4 Å². The summed E-state index contributed by atoms with van der Waals surface area (Å²) in [5.41, 5.74) is 1.18. The number of aliphatic imine (C=N–C) groups is 1. The zero-order chi connectivity index (χ0) is 8.81. The molecule has 0 amide bonds. The number of nitrogens with zero attached hydrogens (tertiary/aromatic N) is 1. The second-order valence-corrected chi connectivity index (χ2v) is 2.89. The van der Waals surface area contributed by atoms with Crippen molar-refractivity contribution < 1.29 is 9.90 Å². The molecule has 0 heterocycles. The number of aliphatic carboxylic acids is 1. The van der Waals surface area contributed by atoms with E-state index in [1.807, 2.05) is 0 Å². The van der Waals surface area contributed by atoms with Crippen LogP contribution in [0.4, 0.5) is 0 Å². The van der Waals surface area contributed by atoms with Gasteiger partial charge in [0.1, 0.15) is 6.54 Å². The Morgan fingerprint density at radius 2 is 2.50 bits per heavy atom. The minimum absolute atomic E-state index is 0.114. The Labute approximate surface area is 71.8 Å². The monoisotopic (exact) mass is 167 g/mol. The maximum Gasteiger partial charge on any atom is 0.325 e. The Bertz CT molecular complexity index is 219. The summed E-state index contributed by atoms with van der Waals surface area (Å²) in [5.74, 6) is -0.873. The molecule has 0 saturated carbocycles. The minimum Gasteiger partial charge on any atom is -0.480 e. The van der Waals surface area contributed by atoms with Crippen molar-refractivity contribution in [1.82, 2.24) is 0 Å². The highest BCUT2D eigenvalue weighted by atomic mass is 16.4. The number of hydrogen-bond donors (Lipinski definition) is 1. The van der Waals surface area contributed by atoms with Gasteiger partial charge < -0.3 is 5.11 Å². The summed E-state index contributed by atoms with van der Waals surface area (Å²) < 4.78 is 0. The quantitative estimate of drug-likeness (QED) is 0.649. The lowest BCUT2D eigenvalue weighted by atomic mass is 10.0. The van der Waals surface area contributed by atoms with Crippen LogP contribution in [0.2, 0.25) is 0 Å². The molecule has 3 heteroatoms. The van der Waals surface area contributed by atoms with Gasteiger partial charge in [-0.1, -0.05) is 6.08 Å². The van der Waals surface area contributed by atoms with E-state index in [0.29, 0.717) is 0 Å². The second-order valence-electron chi connectivity index (χ2n) is 2.89. The number of rotatable bonds is 3. The van der Waals surface area contributed by atoms with Gasteiger partial charge in [-0.15, -0.1) is 0 Å². The average Bonchev–Trinajstić information content (AvgIpc) is 2.05. The van der Waals surface area contributed by atoms with Crippen LogP contribution in [0.15, 0.2) is 16.6 Å². The third-order valence-corrected chi connectivity index (χ3v) is 1.81. The molecule has 3 nitrogen and oxygen atoms in total. The molecule has 0 aromatic carbocycles. The molecule has 0 radical (unpaired) electrons. The fourth-order valence-electron chi connectivity index (χ4n) is 1.22. The molecule has 0 unspecified atom stereocenters. The van der Waals surface area contributed by atoms with Crippen molar-refractivity contribution in [3.05, 3.63) is 11.6 Å². The summed E-state index contributed by atoms with van der Waals surface area (Å²) in [5, 5.41) is 8.31. The summed E-state index contributed by atoms with van der Waals surface area (Å²) in [7, 11) is 0. The average molecular weight is 167 g/mol. The van der Waals surface area contributed by atoms with Crippen molar-refractivity contribution in [2.75, 3.05) is 6.54 Å². The summed E-state index contributed by atoms with van der Waals surface area (Å²) >= 11 is 0. The fourth-order valence-corrected chi connectivity index (χ4v) is 1.22. The van der Waals surface area contributed by atoms with Crippen LogP contribution in [0.3, 0.4) is 0 Å². The van der Waals surface area contributed by atoms with Crippen molar-refractivity contribution in [3.63, 3.8) is 0 Å². The highest BCUT2D eigenvalue weighted by molar-refractivity contribution is 5.81. The lowest BCUT2D eigenvalue weighted by Crippen LogP contribution is -2.00. The molecule has 1 aliphatic rings. The van der Waals surface area contributed by atoms with Crippen LogP contribution in [-0.4, -0.2) is 23.8 Å². The molecule has 0 aromatic rings. The standard InChI is InChI=1S/C9H13NO2/c11-9(12)7-10-6-8-4-2-1-3-5-8/h4,6H,1-3,5,7H2,(H,11,12). The van der Waals surface area contributed by atoms with E-state index in [2.05, 4.69) is 11.1 Å². The normalized spacial score (nSPS) is 17.8. The molecule has 0 atom stereocenters. The van der Waals surface area contributed by atoms with Gasteiger partial charge in [-0.25, -0.2) is 0 Å². The highest BCUT2D eigenvalue weighted by Gasteiger charge is 2.00. The molecule has 0 saturated heterocycles. The van der Waals surface area contributed by atoms with Crippen molar-refractivity contribution in [2.24, 2.45) is 4.99 Å². The van der Waals surface area contributed by atoms with E-state index in [1.54, 1.807) is 6.21 Å². The number of carboxylic acid groups (broad SMARTS) is 1. The number of hydrogen-bond acceptors (Lipinski definition) is 2. The Morgan fingerprint density at radius 1 is 1.67 bits per heavy atom. The minimum atomic E-state index is -0.873. The molecule has 0 spiro atoms. The summed E-state index contributed by atoms with van der Waals surface area (Å²) in [4.78, 5) is 13.9. The lowest BCUT2D eigenvalue weighted by molar-refractivity contribution is -0.135. The summed E-state index contributed by atoms with van der Waals surface area (Å²) in [6, 6.07) is 0. The maximum absolute atomic E-state index is 10.1. The molecule has 0 bridgehead atoms. The molecular formula is C9H13NO2. The van der Waals surface area contributed by atoms with Crippen LogP contribution >= 0.6 is 0 Å². The zero-order valence-corrected chi connectivity index (χ0v) is 6.99. The molecule has 0 aromatic heterocycles. The third kappa shape index (κ3) is 3.32. The van der Waals surface area contributed by atoms with Crippen LogP contribution in [-0.2, 0) is 4.79 Å². The van der Waals surface area contributed by atoms with Crippen molar-refractivity contribution in [3.8, 4) is 0 Å². The van der Waals surface area contributed by atoms with Gasteiger partial charge >= 0.3 is 5.97 Å². The smallest absolute Gasteiger partial charge is 0.325 e. The van der Waals surface area contributed by atoms with E-state index in [-0.39, 0.29) is 6.54 Å². The highest BCUT2D eigenvalue weighted by Crippen LogP contribution is 2.15. The SMILES string of the molecule is O=C(O)CN=CC1=CCCCC1. The number of allylic oxidation sites excluding steroid dienone is 2. The van der Waals surface area contributed by atoms with Gasteiger partial charge in [0.05, 0.1) is 0 Å². The number of carbonyl (C=O) groups is 1. The second kappa shape index (κ2) is 4.70. The first-order chi connectivity index (χ1) is 5.79. The van der Waals surface area contributed by atoms with Crippen molar-refractivity contribution in [2.45, 2.75) is 25.7 Å². The van der Waals surface area contributed by atoms with Crippen molar-refractivity contribution in [1.29, 1.82) is 0 Å². The Kier molecular flexibility index (Phi) is 3.51. The molecule has 1 aliphatic carbocycles. The molecule has 0 aliphatic heterocycles. The molecule has 1 rings (SSSR count). The van der Waals surface area contributed by atoms with E-state index in [9.17, 15) is 4.79 Å². The molecule has 1 N–H and O–H groups in total. The van der Waals surface area contributed by atoms with Gasteiger partial charge in [-0.05, 0) is 31.3 Å². The largest absolute Gasteiger partial charge is 0.480 e.